The monoisotopic (exact) mass is 477 g/mol. The van der Waals surface area contributed by atoms with Gasteiger partial charge >= 0.3 is 12.1 Å². The number of hydrogen-bond acceptors (Lipinski definition) is 4. The van der Waals surface area contributed by atoms with E-state index in [0.717, 1.165) is 45.6 Å². The lowest BCUT2D eigenvalue weighted by molar-refractivity contribution is -0.192. The van der Waals surface area contributed by atoms with Crippen LogP contribution in [-0.4, -0.2) is 67.4 Å². The molecule has 5 rings (SSSR count). The summed E-state index contributed by atoms with van der Waals surface area (Å²) in [5.41, 5.74) is 3.81. The van der Waals surface area contributed by atoms with Gasteiger partial charge in [0.15, 0.2) is 0 Å². The topological polar surface area (TPSA) is 94.5 Å². The first-order chi connectivity index (χ1) is 16.2. The summed E-state index contributed by atoms with van der Waals surface area (Å²) in [6, 6.07) is 11.1. The molecule has 1 atom stereocenters. The number of hydrogen-bond donors (Lipinski definition) is 2. The number of nitrogens with zero attached hydrogens (tertiary/aromatic N) is 4. The zero-order valence-corrected chi connectivity index (χ0v) is 18.5. The summed E-state index contributed by atoms with van der Waals surface area (Å²) in [6.45, 7) is 4.57. The Kier molecular flexibility index (Phi) is 6.92. The van der Waals surface area contributed by atoms with E-state index in [2.05, 4.69) is 50.0 Å². The molecule has 8 nitrogen and oxygen atoms in total. The first-order valence-corrected chi connectivity index (χ1v) is 11.1. The summed E-state index contributed by atoms with van der Waals surface area (Å²) in [6.07, 6.45) is 1.51. The quantitative estimate of drug-likeness (QED) is 0.586. The highest BCUT2D eigenvalue weighted by Gasteiger charge is 2.38. The fraction of sp³-hybridized carbons (Fsp3) is 0.435. The predicted molar refractivity (Wildman–Crippen MR) is 118 cm³/mol. The third-order valence-electron chi connectivity index (χ3n) is 6.18. The van der Waals surface area contributed by atoms with Crippen molar-refractivity contribution in [2.75, 3.05) is 19.6 Å². The molecule has 4 heterocycles. The van der Waals surface area contributed by atoms with Gasteiger partial charge in [-0.25, -0.2) is 4.79 Å². The minimum Gasteiger partial charge on any atom is -0.475 e. The van der Waals surface area contributed by atoms with Gasteiger partial charge < -0.3 is 15.0 Å². The number of rotatable bonds is 5. The number of carboxylic acid groups (broad SMARTS) is 1. The van der Waals surface area contributed by atoms with Crippen LogP contribution in [0.4, 0.5) is 13.2 Å². The molecule has 2 aliphatic rings. The standard InChI is InChI=1S/C21H25N5O.C2HF3O2/c27-21-5-2-11-25(21)12-8-18-15-24(14-17-6-10-23-26(17)18)13-16-3-1-4-20-19(16)7-9-22-20;3-2(4,5)1(6)7/h1,3-4,6-7,9-10,18,22H,2,5,8,11-15H2;(H,6,7). The second kappa shape index (κ2) is 9.88. The third-order valence-corrected chi connectivity index (χ3v) is 6.18. The molecular formula is C23H26F3N5O3. The maximum absolute atomic E-state index is 11.9. The largest absolute Gasteiger partial charge is 0.490 e. The van der Waals surface area contributed by atoms with Gasteiger partial charge in [0.1, 0.15) is 0 Å². The molecule has 0 spiro atoms. The van der Waals surface area contributed by atoms with Crippen LogP contribution in [0.25, 0.3) is 10.9 Å². The fourth-order valence-corrected chi connectivity index (χ4v) is 4.57. The molecule has 2 aliphatic heterocycles. The highest BCUT2D eigenvalue weighted by Crippen LogP contribution is 2.27. The van der Waals surface area contributed by atoms with E-state index in [1.165, 1.54) is 22.2 Å². The van der Waals surface area contributed by atoms with Crippen LogP contribution in [0.15, 0.2) is 42.7 Å². The van der Waals surface area contributed by atoms with E-state index < -0.39 is 12.1 Å². The lowest BCUT2D eigenvalue weighted by Crippen LogP contribution is -2.39. The van der Waals surface area contributed by atoms with E-state index in [9.17, 15) is 18.0 Å². The number of carboxylic acids is 1. The van der Waals surface area contributed by atoms with Crippen molar-refractivity contribution in [2.24, 2.45) is 0 Å². The first kappa shape index (κ1) is 23.8. The number of nitrogens with one attached hydrogen (secondary N) is 1. The van der Waals surface area contributed by atoms with Gasteiger partial charge in [-0.05, 0) is 36.6 Å². The molecule has 1 fully saturated rings. The fourth-order valence-electron chi connectivity index (χ4n) is 4.57. The highest BCUT2D eigenvalue weighted by molar-refractivity contribution is 5.82. The van der Waals surface area contributed by atoms with Gasteiger partial charge in [0.05, 0.1) is 11.7 Å². The number of aromatic nitrogens is 3. The number of fused-ring (bicyclic) bond motifs is 2. The van der Waals surface area contributed by atoms with Crippen molar-refractivity contribution >= 4 is 22.8 Å². The number of carbonyl (C=O) groups excluding carboxylic acids is 1. The molecule has 0 bridgehead atoms. The van der Waals surface area contributed by atoms with Crippen LogP contribution in [0.5, 0.6) is 0 Å². The number of carbonyl (C=O) groups is 2. The van der Waals surface area contributed by atoms with Crippen molar-refractivity contribution in [2.45, 2.75) is 44.6 Å². The number of halogens is 3. The van der Waals surface area contributed by atoms with Crippen molar-refractivity contribution in [1.82, 2.24) is 24.6 Å². The van der Waals surface area contributed by atoms with Gasteiger partial charge in [-0.15, -0.1) is 0 Å². The smallest absolute Gasteiger partial charge is 0.475 e. The minimum atomic E-state index is -5.08. The Balaban J connectivity index is 0.000000344. The zero-order chi connectivity index (χ0) is 24.3. The Hall–Kier alpha value is -3.34. The van der Waals surface area contributed by atoms with E-state index in [-0.39, 0.29) is 0 Å². The number of aromatic amines is 1. The van der Waals surface area contributed by atoms with Gasteiger partial charge in [-0.1, -0.05) is 12.1 Å². The second-order valence-electron chi connectivity index (χ2n) is 8.52. The lowest BCUT2D eigenvalue weighted by Gasteiger charge is -2.34. The van der Waals surface area contributed by atoms with Gasteiger partial charge in [0, 0.05) is 62.4 Å². The molecule has 182 valence electrons. The SMILES string of the molecule is O=C(O)C(F)(F)F.O=C1CCCN1CCC1CN(Cc2cccc3[nH]ccc23)Cc2ccnn21. The van der Waals surface area contributed by atoms with Gasteiger partial charge in [-0.3, -0.25) is 14.4 Å². The summed E-state index contributed by atoms with van der Waals surface area (Å²) in [4.78, 5) is 28.7. The molecular weight excluding hydrogens is 451 g/mol. The highest BCUT2D eigenvalue weighted by atomic mass is 19.4. The van der Waals surface area contributed by atoms with E-state index in [1.807, 2.05) is 17.3 Å². The zero-order valence-electron chi connectivity index (χ0n) is 18.5. The van der Waals surface area contributed by atoms with Gasteiger partial charge in [0.2, 0.25) is 5.91 Å². The Morgan fingerprint density at radius 3 is 2.74 bits per heavy atom. The molecule has 3 aromatic rings. The average Bonchev–Trinajstić information content (AvgIpc) is 3.53. The van der Waals surface area contributed by atoms with Crippen LogP contribution in [0.1, 0.15) is 36.6 Å². The van der Waals surface area contributed by atoms with Crippen LogP contribution < -0.4 is 0 Å². The Morgan fingerprint density at radius 2 is 2.03 bits per heavy atom. The number of benzene rings is 1. The summed E-state index contributed by atoms with van der Waals surface area (Å²) in [5, 5.41) is 13.0. The number of likely N-dealkylation sites (tertiary alicyclic amines) is 1. The van der Waals surface area contributed by atoms with Crippen LogP contribution in [-0.2, 0) is 22.7 Å². The molecule has 0 aliphatic carbocycles. The van der Waals surface area contributed by atoms with Crippen molar-refractivity contribution in [1.29, 1.82) is 0 Å². The Morgan fingerprint density at radius 1 is 1.24 bits per heavy atom. The molecule has 0 saturated carbocycles. The molecule has 1 unspecified atom stereocenters. The van der Waals surface area contributed by atoms with Crippen LogP contribution in [0, 0.1) is 0 Å². The molecule has 1 aromatic carbocycles. The number of amides is 1. The first-order valence-electron chi connectivity index (χ1n) is 11.1. The van der Waals surface area contributed by atoms with Crippen molar-refractivity contribution in [3.05, 3.63) is 54.0 Å². The van der Waals surface area contributed by atoms with Gasteiger partial charge in [-0.2, -0.15) is 18.3 Å². The van der Waals surface area contributed by atoms with E-state index in [4.69, 9.17) is 9.90 Å². The molecule has 2 aromatic heterocycles. The summed E-state index contributed by atoms with van der Waals surface area (Å²) < 4.78 is 33.9. The van der Waals surface area contributed by atoms with Crippen molar-refractivity contribution < 1.29 is 27.9 Å². The van der Waals surface area contributed by atoms with Crippen LogP contribution in [0.2, 0.25) is 0 Å². The molecule has 34 heavy (non-hydrogen) atoms. The van der Waals surface area contributed by atoms with Crippen molar-refractivity contribution in [3.8, 4) is 0 Å². The Labute approximate surface area is 193 Å². The van der Waals surface area contributed by atoms with Gasteiger partial charge in [0.25, 0.3) is 0 Å². The minimum absolute atomic E-state index is 0.308. The summed E-state index contributed by atoms with van der Waals surface area (Å²) in [7, 11) is 0. The molecule has 11 heteroatoms. The average molecular weight is 477 g/mol. The number of H-pyrrole nitrogens is 1. The van der Waals surface area contributed by atoms with E-state index in [1.54, 1.807) is 0 Å². The Bertz CT molecular complexity index is 1160. The molecule has 0 radical (unpaired) electrons. The number of aliphatic carboxylic acids is 1. The summed E-state index contributed by atoms with van der Waals surface area (Å²) in [5.74, 6) is -2.45. The van der Waals surface area contributed by atoms with Crippen molar-refractivity contribution in [3.63, 3.8) is 0 Å². The molecule has 2 N–H and O–H groups in total. The normalized spacial score (nSPS) is 18.6. The molecule has 1 amide bonds. The van der Waals surface area contributed by atoms with Crippen LogP contribution in [0.3, 0.4) is 0 Å². The number of alkyl halides is 3. The molecule has 1 saturated heterocycles. The van der Waals surface area contributed by atoms with E-state index in [0.29, 0.717) is 18.4 Å². The van der Waals surface area contributed by atoms with Crippen LogP contribution >= 0.6 is 0 Å². The lowest BCUT2D eigenvalue weighted by atomic mass is 10.1. The maximum Gasteiger partial charge on any atom is 0.490 e. The van der Waals surface area contributed by atoms with E-state index >= 15 is 0 Å². The summed E-state index contributed by atoms with van der Waals surface area (Å²) >= 11 is 0. The third kappa shape index (κ3) is 5.41. The second-order valence-corrected chi connectivity index (χ2v) is 8.52. The maximum atomic E-state index is 11.9. The predicted octanol–water partition coefficient (Wildman–Crippen LogP) is 3.57.